The lowest BCUT2D eigenvalue weighted by atomic mass is 9.92. The molecule has 1 aliphatic rings. The number of amides is 1. The number of benzene rings is 2. The van der Waals surface area contributed by atoms with E-state index in [2.05, 4.69) is 12.1 Å². The molecule has 0 aromatic heterocycles. The SMILES string of the molecule is O=C(O)c1ccc(C(=O)N2CCCC(c3ccccc3)CC2)c(F)c1. The van der Waals surface area contributed by atoms with Crippen LogP contribution in [0.25, 0.3) is 0 Å². The van der Waals surface area contributed by atoms with Gasteiger partial charge in [-0.2, -0.15) is 0 Å². The normalized spacial score (nSPS) is 17.8. The number of nitrogens with zero attached hydrogens (tertiary/aromatic N) is 1. The summed E-state index contributed by atoms with van der Waals surface area (Å²) < 4.78 is 14.1. The van der Waals surface area contributed by atoms with E-state index in [1.807, 2.05) is 18.2 Å². The first-order valence-corrected chi connectivity index (χ1v) is 8.43. The number of aromatic carboxylic acids is 1. The van der Waals surface area contributed by atoms with Gasteiger partial charge in [-0.15, -0.1) is 0 Å². The van der Waals surface area contributed by atoms with Crippen LogP contribution < -0.4 is 0 Å². The quantitative estimate of drug-likeness (QED) is 0.920. The molecule has 3 rings (SSSR count). The van der Waals surface area contributed by atoms with E-state index >= 15 is 0 Å². The number of likely N-dealkylation sites (tertiary alicyclic amines) is 1. The van der Waals surface area contributed by atoms with Crippen LogP contribution >= 0.6 is 0 Å². The summed E-state index contributed by atoms with van der Waals surface area (Å²) in [5.41, 5.74) is 1.05. The molecule has 5 heteroatoms. The monoisotopic (exact) mass is 341 g/mol. The molecule has 1 amide bonds. The summed E-state index contributed by atoms with van der Waals surface area (Å²) in [5, 5.41) is 8.90. The van der Waals surface area contributed by atoms with Crippen LogP contribution in [0.2, 0.25) is 0 Å². The Bertz CT molecular complexity index is 776. The first-order chi connectivity index (χ1) is 12.1. The van der Waals surface area contributed by atoms with Crippen LogP contribution in [0.15, 0.2) is 48.5 Å². The van der Waals surface area contributed by atoms with Crippen LogP contribution in [0, 0.1) is 5.82 Å². The van der Waals surface area contributed by atoms with E-state index in [9.17, 15) is 14.0 Å². The van der Waals surface area contributed by atoms with Crippen LogP contribution in [-0.4, -0.2) is 35.0 Å². The number of carbonyl (C=O) groups is 2. The third-order valence-corrected chi connectivity index (χ3v) is 4.73. The van der Waals surface area contributed by atoms with Gasteiger partial charge >= 0.3 is 5.97 Å². The van der Waals surface area contributed by atoms with Gasteiger partial charge in [0.05, 0.1) is 11.1 Å². The molecule has 2 aromatic carbocycles. The standard InChI is InChI=1S/C20H20FNO3/c21-18-13-16(20(24)25)8-9-17(18)19(23)22-11-4-7-15(10-12-22)14-5-2-1-3-6-14/h1-3,5-6,8-9,13,15H,4,7,10-12H2,(H,24,25). The van der Waals surface area contributed by atoms with Crippen molar-refractivity contribution in [3.8, 4) is 0 Å². The van der Waals surface area contributed by atoms with Gasteiger partial charge < -0.3 is 10.0 Å². The molecule has 0 radical (unpaired) electrons. The van der Waals surface area contributed by atoms with Crippen molar-refractivity contribution in [2.45, 2.75) is 25.2 Å². The molecular formula is C20H20FNO3. The van der Waals surface area contributed by atoms with Gasteiger partial charge in [-0.1, -0.05) is 30.3 Å². The Morgan fingerprint density at radius 3 is 2.48 bits per heavy atom. The summed E-state index contributed by atoms with van der Waals surface area (Å²) in [4.78, 5) is 25.2. The van der Waals surface area contributed by atoms with E-state index in [0.717, 1.165) is 25.3 Å². The Hall–Kier alpha value is -2.69. The minimum atomic E-state index is -1.21. The molecular weight excluding hydrogens is 321 g/mol. The summed E-state index contributed by atoms with van der Waals surface area (Å²) in [7, 11) is 0. The van der Waals surface area contributed by atoms with Crippen LogP contribution in [0.4, 0.5) is 4.39 Å². The highest BCUT2D eigenvalue weighted by Crippen LogP contribution is 2.28. The number of rotatable bonds is 3. The van der Waals surface area contributed by atoms with Crippen LogP contribution in [-0.2, 0) is 0 Å². The molecule has 1 fully saturated rings. The second kappa shape index (κ2) is 7.47. The topological polar surface area (TPSA) is 57.6 Å². The van der Waals surface area contributed by atoms with Crippen molar-refractivity contribution in [2.75, 3.05) is 13.1 Å². The second-order valence-corrected chi connectivity index (χ2v) is 6.33. The molecule has 2 aromatic rings. The molecule has 1 aliphatic heterocycles. The molecule has 25 heavy (non-hydrogen) atoms. The highest BCUT2D eigenvalue weighted by molar-refractivity contribution is 5.96. The second-order valence-electron chi connectivity index (χ2n) is 6.33. The summed E-state index contributed by atoms with van der Waals surface area (Å²) >= 11 is 0. The number of carbonyl (C=O) groups excluding carboxylic acids is 1. The molecule has 0 aliphatic carbocycles. The predicted molar refractivity (Wildman–Crippen MR) is 92.3 cm³/mol. The molecule has 1 N–H and O–H groups in total. The Balaban J connectivity index is 1.72. The van der Waals surface area contributed by atoms with Gasteiger partial charge in [-0.25, -0.2) is 9.18 Å². The minimum Gasteiger partial charge on any atom is -0.478 e. The number of hydrogen-bond donors (Lipinski definition) is 1. The smallest absolute Gasteiger partial charge is 0.335 e. The maximum absolute atomic E-state index is 14.1. The Kier molecular flexibility index (Phi) is 5.12. The minimum absolute atomic E-state index is 0.0665. The molecule has 1 atom stereocenters. The van der Waals surface area contributed by atoms with Gasteiger partial charge in [0.15, 0.2) is 0 Å². The molecule has 0 saturated carbocycles. The fourth-order valence-corrected chi connectivity index (χ4v) is 3.35. The van der Waals surface area contributed by atoms with Crippen LogP contribution in [0.5, 0.6) is 0 Å². The largest absolute Gasteiger partial charge is 0.478 e. The molecule has 1 heterocycles. The molecule has 130 valence electrons. The third-order valence-electron chi connectivity index (χ3n) is 4.73. The first-order valence-electron chi connectivity index (χ1n) is 8.43. The lowest BCUT2D eigenvalue weighted by Gasteiger charge is -2.21. The average molecular weight is 341 g/mol. The van der Waals surface area contributed by atoms with E-state index in [0.29, 0.717) is 19.0 Å². The summed E-state index contributed by atoms with van der Waals surface area (Å²) in [6, 6.07) is 13.7. The number of hydrogen-bond acceptors (Lipinski definition) is 2. The zero-order chi connectivity index (χ0) is 17.8. The highest BCUT2D eigenvalue weighted by atomic mass is 19.1. The predicted octanol–water partition coefficient (Wildman–Crippen LogP) is 3.93. The number of halogens is 1. The van der Waals surface area contributed by atoms with Gasteiger partial charge in [0.2, 0.25) is 0 Å². The van der Waals surface area contributed by atoms with Crippen molar-refractivity contribution in [3.05, 3.63) is 71.0 Å². The van der Waals surface area contributed by atoms with Crippen molar-refractivity contribution in [2.24, 2.45) is 0 Å². The summed E-state index contributed by atoms with van der Waals surface area (Å²) in [6.07, 6.45) is 2.69. The van der Waals surface area contributed by atoms with Crippen molar-refractivity contribution >= 4 is 11.9 Å². The van der Waals surface area contributed by atoms with Crippen molar-refractivity contribution in [3.63, 3.8) is 0 Å². The van der Waals surface area contributed by atoms with E-state index in [1.165, 1.54) is 17.7 Å². The Labute approximate surface area is 145 Å². The van der Waals surface area contributed by atoms with Crippen molar-refractivity contribution in [1.82, 2.24) is 4.90 Å². The fraction of sp³-hybridized carbons (Fsp3) is 0.300. The number of carboxylic acid groups (broad SMARTS) is 1. The highest BCUT2D eigenvalue weighted by Gasteiger charge is 2.24. The lowest BCUT2D eigenvalue weighted by Crippen LogP contribution is -2.32. The van der Waals surface area contributed by atoms with E-state index < -0.39 is 11.8 Å². The number of carboxylic acids is 1. The van der Waals surface area contributed by atoms with Gasteiger partial charge in [0, 0.05) is 13.1 Å². The Morgan fingerprint density at radius 1 is 1.04 bits per heavy atom. The van der Waals surface area contributed by atoms with Crippen LogP contribution in [0.3, 0.4) is 0 Å². The molecule has 0 spiro atoms. The van der Waals surface area contributed by atoms with Gasteiger partial charge in [-0.3, -0.25) is 4.79 Å². The maximum atomic E-state index is 14.1. The fourth-order valence-electron chi connectivity index (χ4n) is 3.35. The maximum Gasteiger partial charge on any atom is 0.335 e. The Morgan fingerprint density at radius 2 is 1.80 bits per heavy atom. The zero-order valence-electron chi connectivity index (χ0n) is 13.8. The average Bonchev–Trinajstić information content (AvgIpc) is 2.88. The molecule has 0 bridgehead atoms. The van der Waals surface area contributed by atoms with E-state index in [4.69, 9.17) is 5.11 Å². The molecule has 1 saturated heterocycles. The lowest BCUT2D eigenvalue weighted by molar-refractivity contribution is 0.0692. The van der Waals surface area contributed by atoms with Gasteiger partial charge in [0.25, 0.3) is 5.91 Å². The van der Waals surface area contributed by atoms with Gasteiger partial charge in [-0.05, 0) is 48.9 Å². The van der Waals surface area contributed by atoms with Gasteiger partial charge in [0.1, 0.15) is 5.82 Å². The van der Waals surface area contributed by atoms with Crippen molar-refractivity contribution in [1.29, 1.82) is 0 Å². The van der Waals surface area contributed by atoms with Crippen molar-refractivity contribution < 1.29 is 19.1 Å². The van der Waals surface area contributed by atoms with E-state index in [-0.39, 0.29) is 17.0 Å². The molecule has 1 unspecified atom stereocenters. The first kappa shape index (κ1) is 17.1. The van der Waals surface area contributed by atoms with E-state index in [1.54, 1.807) is 4.90 Å². The van der Waals surface area contributed by atoms with Crippen LogP contribution in [0.1, 0.15) is 51.5 Å². The summed E-state index contributed by atoms with van der Waals surface area (Å²) in [6.45, 7) is 1.15. The zero-order valence-corrected chi connectivity index (χ0v) is 13.8. The summed E-state index contributed by atoms with van der Waals surface area (Å²) in [5.74, 6) is -1.96. The molecule has 4 nitrogen and oxygen atoms in total. The third kappa shape index (κ3) is 3.87.